The fourth-order valence-corrected chi connectivity index (χ4v) is 2.16. The minimum Gasteiger partial charge on any atom is -0.351 e. The second-order valence-corrected chi connectivity index (χ2v) is 5.85. The fourth-order valence-electron chi connectivity index (χ4n) is 1.81. The van der Waals surface area contributed by atoms with Crippen molar-refractivity contribution in [3.05, 3.63) is 31.5 Å². The van der Waals surface area contributed by atoms with Crippen LogP contribution in [0, 0.1) is 5.92 Å². The summed E-state index contributed by atoms with van der Waals surface area (Å²) in [4.78, 5) is 36.7. The third kappa shape index (κ3) is 4.93. The van der Waals surface area contributed by atoms with Gasteiger partial charge in [-0.15, -0.1) is 0 Å². The summed E-state index contributed by atoms with van der Waals surface area (Å²) in [7, 11) is 0. The molecule has 0 fully saturated rings. The quantitative estimate of drug-likeness (QED) is 0.661. The number of amides is 1. The van der Waals surface area contributed by atoms with Gasteiger partial charge >= 0.3 is 5.69 Å². The van der Waals surface area contributed by atoms with Crippen LogP contribution in [0.25, 0.3) is 0 Å². The molecule has 1 rings (SSSR count). The van der Waals surface area contributed by atoms with E-state index in [1.807, 2.05) is 13.8 Å². The van der Waals surface area contributed by atoms with Crippen LogP contribution in [0.15, 0.2) is 20.3 Å². The molecule has 0 saturated carbocycles. The maximum absolute atomic E-state index is 11.9. The van der Waals surface area contributed by atoms with Gasteiger partial charge in [0.05, 0.1) is 4.47 Å². The monoisotopic (exact) mass is 346 g/mol. The minimum atomic E-state index is -0.624. The average Bonchev–Trinajstić information content (AvgIpc) is 2.34. The fraction of sp³-hybridized carbons (Fsp3) is 0.583. The predicted molar refractivity (Wildman–Crippen MR) is 79.5 cm³/mol. The molecule has 1 aromatic rings. The van der Waals surface area contributed by atoms with Crippen molar-refractivity contribution < 1.29 is 4.79 Å². The Morgan fingerprint density at radius 1 is 1.50 bits per heavy atom. The number of halogens is 1. The molecule has 20 heavy (non-hydrogen) atoms. The Hall–Kier alpha value is -1.41. The van der Waals surface area contributed by atoms with E-state index in [9.17, 15) is 14.4 Å². The summed E-state index contributed by atoms with van der Waals surface area (Å²) in [6.45, 7) is 4.26. The maximum Gasteiger partial charge on any atom is 0.328 e. The molecule has 4 N–H and O–H groups in total. The van der Waals surface area contributed by atoms with Crippen LogP contribution in [0.2, 0.25) is 0 Å². The summed E-state index contributed by atoms with van der Waals surface area (Å²) in [5.41, 5.74) is 4.45. The van der Waals surface area contributed by atoms with Gasteiger partial charge in [-0.2, -0.15) is 0 Å². The summed E-state index contributed by atoms with van der Waals surface area (Å²) >= 11 is 3.01. The number of nitrogens with two attached hydrogens (primary N) is 1. The molecular formula is C12H19BrN4O3. The summed E-state index contributed by atoms with van der Waals surface area (Å²) in [6.07, 6.45) is 2.06. The summed E-state index contributed by atoms with van der Waals surface area (Å²) in [5, 5.41) is 2.78. The summed E-state index contributed by atoms with van der Waals surface area (Å²) in [6, 6.07) is -0.121. The Kier molecular flexibility index (Phi) is 6.15. The third-order valence-electron chi connectivity index (χ3n) is 2.69. The Balaban J connectivity index is 2.73. The lowest BCUT2D eigenvalue weighted by Gasteiger charge is -2.19. The van der Waals surface area contributed by atoms with E-state index in [1.165, 1.54) is 6.20 Å². The topological polar surface area (TPSA) is 110 Å². The van der Waals surface area contributed by atoms with Crippen molar-refractivity contribution >= 4 is 21.8 Å². The molecule has 1 unspecified atom stereocenters. The highest BCUT2D eigenvalue weighted by molar-refractivity contribution is 9.10. The first-order valence-corrected chi connectivity index (χ1v) is 7.11. The van der Waals surface area contributed by atoms with Crippen molar-refractivity contribution in [1.29, 1.82) is 0 Å². The molecule has 0 radical (unpaired) electrons. The Bertz CT molecular complexity index is 579. The first-order valence-electron chi connectivity index (χ1n) is 6.32. The van der Waals surface area contributed by atoms with Crippen molar-refractivity contribution in [2.24, 2.45) is 11.7 Å². The summed E-state index contributed by atoms with van der Waals surface area (Å²) in [5.74, 6) is 0.0935. The highest BCUT2D eigenvalue weighted by Gasteiger charge is 2.13. The van der Waals surface area contributed by atoms with Crippen molar-refractivity contribution in [2.75, 3.05) is 6.54 Å². The standard InChI is InChI=1S/C12H19BrN4O3/c1-7(2)3-8(4-14)15-10(18)6-17-5-9(13)11(19)16-12(17)20/h5,7-8H,3-4,6,14H2,1-2H3,(H,15,18)(H,16,19,20). The molecule has 0 saturated heterocycles. The van der Waals surface area contributed by atoms with E-state index in [0.717, 1.165) is 11.0 Å². The van der Waals surface area contributed by atoms with Crippen LogP contribution in [0.1, 0.15) is 20.3 Å². The van der Waals surface area contributed by atoms with Crippen LogP contribution in [0.5, 0.6) is 0 Å². The molecule has 0 aliphatic heterocycles. The van der Waals surface area contributed by atoms with E-state index >= 15 is 0 Å². The Labute approximate surface area is 124 Å². The number of H-pyrrole nitrogens is 1. The SMILES string of the molecule is CC(C)CC(CN)NC(=O)Cn1cc(Br)c(=O)[nH]c1=O. The minimum absolute atomic E-state index is 0.121. The number of nitrogens with one attached hydrogen (secondary N) is 2. The van der Waals surface area contributed by atoms with Gasteiger partial charge in [-0.1, -0.05) is 13.8 Å². The van der Waals surface area contributed by atoms with Gasteiger partial charge in [0.1, 0.15) is 6.54 Å². The number of hydrogen-bond acceptors (Lipinski definition) is 4. The van der Waals surface area contributed by atoms with Gasteiger partial charge in [0, 0.05) is 18.8 Å². The zero-order valence-corrected chi connectivity index (χ0v) is 13.1. The predicted octanol–water partition coefficient (Wildman–Crippen LogP) is -0.211. The van der Waals surface area contributed by atoms with Crippen LogP contribution < -0.4 is 22.3 Å². The molecule has 0 aliphatic carbocycles. The lowest BCUT2D eigenvalue weighted by Crippen LogP contribution is -2.44. The molecule has 0 bridgehead atoms. The molecule has 0 aliphatic rings. The van der Waals surface area contributed by atoms with E-state index in [-0.39, 0.29) is 23.0 Å². The Morgan fingerprint density at radius 3 is 2.70 bits per heavy atom. The summed E-state index contributed by atoms with van der Waals surface area (Å²) < 4.78 is 1.33. The number of hydrogen-bond donors (Lipinski definition) is 3. The normalized spacial score (nSPS) is 12.4. The van der Waals surface area contributed by atoms with Crippen LogP contribution in [-0.2, 0) is 11.3 Å². The lowest BCUT2D eigenvalue weighted by atomic mass is 10.0. The van der Waals surface area contributed by atoms with E-state index in [1.54, 1.807) is 0 Å². The molecule has 0 spiro atoms. The zero-order valence-electron chi connectivity index (χ0n) is 11.5. The number of aromatic nitrogens is 2. The van der Waals surface area contributed by atoms with Crippen molar-refractivity contribution in [3.8, 4) is 0 Å². The molecule has 1 aromatic heterocycles. The van der Waals surface area contributed by atoms with Gasteiger partial charge in [-0.25, -0.2) is 4.79 Å². The number of carbonyl (C=O) groups is 1. The van der Waals surface area contributed by atoms with E-state index in [4.69, 9.17) is 5.73 Å². The van der Waals surface area contributed by atoms with Gasteiger partial charge in [-0.3, -0.25) is 19.1 Å². The molecule has 1 heterocycles. The van der Waals surface area contributed by atoms with Gasteiger partial charge in [-0.05, 0) is 28.3 Å². The van der Waals surface area contributed by atoms with Crippen molar-refractivity contribution in [1.82, 2.24) is 14.9 Å². The maximum atomic E-state index is 11.9. The number of rotatable bonds is 6. The van der Waals surface area contributed by atoms with Crippen molar-refractivity contribution in [3.63, 3.8) is 0 Å². The van der Waals surface area contributed by atoms with Gasteiger partial charge in [0.25, 0.3) is 5.56 Å². The molecule has 112 valence electrons. The number of carbonyl (C=O) groups excluding carboxylic acids is 1. The van der Waals surface area contributed by atoms with Gasteiger partial charge < -0.3 is 11.1 Å². The second-order valence-electron chi connectivity index (χ2n) is 4.99. The van der Waals surface area contributed by atoms with Crippen LogP contribution >= 0.6 is 15.9 Å². The van der Waals surface area contributed by atoms with Crippen molar-refractivity contribution in [2.45, 2.75) is 32.9 Å². The average molecular weight is 347 g/mol. The second kappa shape index (κ2) is 7.39. The van der Waals surface area contributed by atoms with Gasteiger partial charge in [0.15, 0.2) is 0 Å². The first-order chi connectivity index (χ1) is 9.33. The van der Waals surface area contributed by atoms with Crippen LogP contribution in [0.4, 0.5) is 0 Å². The highest BCUT2D eigenvalue weighted by atomic mass is 79.9. The number of aromatic amines is 1. The number of nitrogens with zero attached hydrogens (tertiary/aromatic N) is 1. The molecule has 1 amide bonds. The first kappa shape index (κ1) is 16.6. The molecule has 0 aromatic carbocycles. The smallest absolute Gasteiger partial charge is 0.328 e. The Morgan fingerprint density at radius 2 is 2.15 bits per heavy atom. The molecule has 7 nitrogen and oxygen atoms in total. The molecule has 1 atom stereocenters. The largest absolute Gasteiger partial charge is 0.351 e. The third-order valence-corrected chi connectivity index (χ3v) is 3.25. The zero-order chi connectivity index (χ0) is 15.3. The van der Waals surface area contributed by atoms with E-state index < -0.39 is 11.2 Å². The van der Waals surface area contributed by atoms with Crippen LogP contribution in [0.3, 0.4) is 0 Å². The molecular weight excluding hydrogens is 328 g/mol. The van der Waals surface area contributed by atoms with Gasteiger partial charge in [0.2, 0.25) is 5.91 Å². The van der Waals surface area contributed by atoms with Crippen LogP contribution in [-0.4, -0.2) is 28.0 Å². The highest BCUT2D eigenvalue weighted by Crippen LogP contribution is 2.03. The molecule has 8 heteroatoms. The van der Waals surface area contributed by atoms with E-state index in [0.29, 0.717) is 12.5 Å². The lowest BCUT2D eigenvalue weighted by molar-refractivity contribution is -0.122. The van der Waals surface area contributed by atoms with E-state index in [2.05, 4.69) is 26.2 Å².